The number of aromatic nitrogens is 3. The zero-order chi connectivity index (χ0) is 17.5. The Labute approximate surface area is 148 Å². The van der Waals surface area contributed by atoms with Crippen molar-refractivity contribution in [2.24, 2.45) is 0 Å². The van der Waals surface area contributed by atoms with E-state index in [4.69, 9.17) is 0 Å². The first-order chi connectivity index (χ1) is 12.2. The lowest BCUT2D eigenvalue weighted by Crippen LogP contribution is -2.30. The van der Waals surface area contributed by atoms with Crippen LogP contribution in [-0.4, -0.2) is 45.4 Å². The summed E-state index contributed by atoms with van der Waals surface area (Å²) < 4.78 is 0. The SMILES string of the molecule is CN(CCc1ccncc1)C(=O)c1ccnc(NC2CCCCC2)n1. The molecule has 1 aliphatic carbocycles. The van der Waals surface area contributed by atoms with Crippen LogP contribution < -0.4 is 5.32 Å². The van der Waals surface area contributed by atoms with E-state index in [2.05, 4.69) is 20.3 Å². The number of carbonyl (C=O) groups is 1. The highest BCUT2D eigenvalue weighted by Crippen LogP contribution is 2.20. The third-order valence-electron chi connectivity index (χ3n) is 4.65. The molecule has 1 saturated carbocycles. The van der Waals surface area contributed by atoms with Gasteiger partial charge in [0.2, 0.25) is 5.95 Å². The molecule has 1 N–H and O–H groups in total. The summed E-state index contributed by atoms with van der Waals surface area (Å²) in [7, 11) is 1.81. The second-order valence-electron chi connectivity index (χ2n) is 6.58. The van der Waals surface area contributed by atoms with Crippen LogP contribution >= 0.6 is 0 Å². The maximum absolute atomic E-state index is 12.6. The molecule has 0 aliphatic heterocycles. The van der Waals surface area contributed by atoms with Gasteiger partial charge in [0.25, 0.3) is 5.91 Å². The zero-order valence-electron chi connectivity index (χ0n) is 14.7. The topological polar surface area (TPSA) is 71.0 Å². The third-order valence-corrected chi connectivity index (χ3v) is 4.65. The fourth-order valence-electron chi connectivity index (χ4n) is 3.12. The summed E-state index contributed by atoms with van der Waals surface area (Å²) in [6.07, 6.45) is 12.1. The lowest BCUT2D eigenvalue weighted by atomic mass is 9.96. The second-order valence-corrected chi connectivity index (χ2v) is 6.58. The van der Waals surface area contributed by atoms with Crippen LogP contribution in [0.25, 0.3) is 0 Å². The maximum atomic E-state index is 12.6. The average molecular weight is 339 g/mol. The van der Waals surface area contributed by atoms with Gasteiger partial charge in [0, 0.05) is 38.2 Å². The van der Waals surface area contributed by atoms with E-state index in [-0.39, 0.29) is 5.91 Å². The molecule has 2 aromatic rings. The Hall–Kier alpha value is -2.50. The molecule has 132 valence electrons. The highest BCUT2D eigenvalue weighted by atomic mass is 16.2. The fraction of sp³-hybridized carbons (Fsp3) is 0.474. The number of nitrogens with zero attached hydrogens (tertiary/aromatic N) is 4. The van der Waals surface area contributed by atoms with Gasteiger partial charge < -0.3 is 10.2 Å². The van der Waals surface area contributed by atoms with Gasteiger partial charge in [0.1, 0.15) is 5.69 Å². The fourth-order valence-corrected chi connectivity index (χ4v) is 3.12. The van der Waals surface area contributed by atoms with Crippen LogP contribution in [0, 0.1) is 0 Å². The normalized spacial score (nSPS) is 14.9. The molecule has 6 heteroatoms. The number of anilines is 1. The largest absolute Gasteiger partial charge is 0.351 e. The monoisotopic (exact) mass is 339 g/mol. The number of carbonyl (C=O) groups excluding carboxylic acids is 1. The average Bonchev–Trinajstić information content (AvgIpc) is 2.67. The lowest BCUT2D eigenvalue weighted by Gasteiger charge is -2.23. The first kappa shape index (κ1) is 17.3. The molecule has 0 radical (unpaired) electrons. The Morgan fingerprint density at radius 2 is 1.92 bits per heavy atom. The van der Waals surface area contributed by atoms with Crippen LogP contribution in [0.1, 0.15) is 48.2 Å². The highest BCUT2D eigenvalue weighted by Gasteiger charge is 2.17. The summed E-state index contributed by atoms with van der Waals surface area (Å²) in [5.74, 6) is 0.475. The number of pyridine rings is 1. The number of hydrogen-bond donors (Lipinski definition) is 1. The van der Waals surface area contributed by atoms with E-state index in [1.165, 1.54) is 19.3 Å². The summed E-state index contributed by atoms with van der Waals surface area (Å²) in [4.78, 5) is 27.0. The first-order valence-electron chi connectivity index (χ1n) is 8.96. The van der Waals surface area contributed by atoms with Crippen molar-refractivity contribution in [3.05, 3.63) is 48.0 Å². The van der Waals surface area contributed by atoms with Gasteiger partial charge in [-0.15, -0.1) is 0 Å². The van der Waals surface area contributed by atoms with Gasteiger partial charge in [-0.05, 0) is 43.0 Å². The van der Waals surface area contributed by atoms with Crippen LogP contribution in [0.15, 0.2) is 36.8 Å². The van der Waals surface area contributed by atoms with Crippen molar-refractivity contribution >= 4 is 11.9 Å². The second kappa shape index (κ2) is 8.55. The summed E-state index contributed by atoms with van der Waals surface area (Å²) in [6, 6.07) is 6.03. The highest BCUT2D eigenvalue weighted by molar-refractivity contribution is 5.92. The molecule has 3 rings (SSSR count). The van der Waals surface area contributed by atoms with Crippen molar-refractivity contribution in [2.45, 2.75) is 44.6 Å². The molecular weight excluding hydrogens is 314 g/mol. The van der Waals surface area contributed by atoms with Gasteiger partial charge in [-0.2, -0.15) is 0 Å². The Kier molecular flexibility index (Phi) is 5.93. The minimum absolute atomic E-state index is 0.0804. The minimum Gasteiger partial charge on any atom is -0.351 e. The molecule has 0 saturated heterocycles. The number of rotatable bonds is 6. The molecule has 6 nitrogen and oxygen atoms in total. The summed E-state index contributed by atoms with van der Waals surface area (Å²) in [5, 5.41) is 3.37. The van der Waals surface area contributed by atoms with Crippen LogP contribution in [-0.2, 0) is 6.42 Å². The lowest BCUT2D eigenvalue weighted by molar-refractivity contribution is 0.0791. The Morgan fingerprint density at radius 3 is 2.68 bits per heavy atom. The number of likely N-dealkylation sites (N-methyl/N-ethyl adjacent to an activating group) is 1. The van der Waals surface area contributed by atoms with E-state index < -0.39 is 0 Å². The number of amides is 1. The van der Waals surface area contributed by atoms with Crippen molar-refractivity contribution in [3.8, 4) is 0 Å². The van der Waals surface area contributed by atoms with E-state index >= 15 is 0 Å². The molecule has 2 heterocycles. The molecule has 0 spiro atoms. The third kappa shape index (κ3) is 4.98. The quantitative estimate of drug-likeness (QED) is 0.876. The van der Waals surface area contributed by atoms with Gasteiger partial charge in [0.05, 0.1) is 0 Å². The van der Waals surface area contributed by atoms with Gasteiger partial charge in [-0.3, -0.25) is 9.78 Å². The summed E-state index contributed by atoms with van der Waals surface area (Å²) in [6.45, 7) is 0.637. The van der Waals surface area contributed by atoms with E-state index in [1.807, 2.05) is 12.1 Å². The van der Waals surface area contributed by atoms with Crippen molar-refractivity contribution in [1.29, 1.82) is 0 Å². The van der Waals surface area contributed by atoms with E-state index in [0.29, 0.717) is 24.2 Å². The number of hydrogen-bond acceptors (Lipinski definition) is 5. The van der Waals surface area contributed by atoms with E-state index in [0.717, 1.165) is 24.8 Å². The van der Waals surface area contributed by atoms with Crippen LogP contribution in [0.3, 0.4) is 0 Å². The Balaban J connectivity index is 1.58. The molecule has 0 aromatic carbocycles. The van der Waals surface area contributed by atoms with Crippen LogP contribution in [0.5, 0.6) is 0 Å². The maximum Gasteiger partial charge on any atom is 0.272 e. The van der Waals surface area contributed by atoms with Gasteiger partial charge in [-0.25, -0.2) is 9.97 Å². The molecule has 1 amide bonds. The molecule has 1 fully saturated rings. The standard InChI is InChI=1S/C19H25N5O/c1-24(14-10-15-7-11-20-12-8-15)18(25)17-9-13-21-19(23-17)22-16-5-3-2-4-6-16/h7-9,11-13,16H,2-6,10,14H2,1H3,(H,21,22,23). The van der Waals surface area contributed by atoms with Crippen LogP contribution in [0.2, 0.25) is 0 Å². The van der Waals surface area contributed by atoms with Gasteiger partial charge in [0.15, 0.2) is 0 Å². The Morgan fingerprint density at radius 1 is 1.16 bits per heavy atom. The van der Waals surface area contributed by atoms with Crippen molar-refractivity contribution < 1.29 is 4.79 Å². The molecule has 25 heavy (non-hydrogen) atoms. The Bertz CT molecular complexity index is 685. The molecular formula is C19H25N5O. The van der Waals surface area contributed by atoms with Crippen molar-refractivity contribution in [3.63, 3.8) is 0 Å². The van der Waals surface area contributed by atoms with Gasteiger partial charge >= 0.3 is 0 Å². The summed E-state index contributed by atoms with van der Waals surface area (Å²) >= 11 is 0. The van der Waals surface area contributed by atoms with Crippen molar-refractivity contribution in [2.75, 3.05) is 18.9 Å². The molecule has 1 aliphatic rings. The minimum atomic E-state index is -0.0804. The first-order valence-corrected chi connectivity index (χ1v) is 8.96. The predicted octanol–water partition coefficient (Wildman–Crippen LogP) is 2.93. The molecule has 0 bridgehead atoms. The van der Waals surface area contributed by atoms with E-state index in [9.17, 15) is 4.79 Å². The van der Waals surface area contributed by atoms with E-state index in [1.54, 1.807) is 36.6 Å². The van der Waals surface area contributed by atoms with Crippen LogP contribution in [0.4, 0.5) is 5.95 Å². The van der Waals surface area contributed by atoms with Crippen molar-refractivity contribution in [1.82, 2.24) is 19.9 Å². The number of nitrogens with one attached hydrogen (secondary N) is 1. The molecule has 2 aromatic heterocycles. The summed E-state index contributed by atoms with van der Waals surface area (Å²) in [5.41, 5.74) is 1.60. The molecule has 0 atom stereocenters. The van der Waals surface area contributed by atoms with Gasteiger partial charge in [-0.1, -0.05) is 19.3 Å². The zero-order valence-corrected chi connectivity index (χ0v) is 14.7. The predicted molar refractivity (Wildman–Crippen MR) is 97.4 cm³/mol. The smallest absolute Gasteiger partial charge is 0.272 e. The molecule has 0 unspecified atom stereocenters.